The van der Waals surface area contributed by atoms with Crippen LogP contribution in [0.5, 0.6) is 0 Å². The van der Waals surface area contributed by atoms with Crippen molar-refractivity contribution in [3.8, 4) is 0 Å². The maximum Gasteiger partial charge on any atom is 0.193 e. The van der Waals surface area contributed by atoms with Crippen molar-refractivity contribution in [1.82, 2.24) is 10.2 Å². The van der Waals surface area contributed by atoms with E-state index < -0.39 is 0 Å². The molecule has 0 radical (unpaired) electrons. The molecule has 2 heterocycles. The largest absolute Gasteiger partial charge is 0.351 e. The maximum atomic E-state index is 5.36. The van der Waals surface area contributed by atoms with Gasteiger partial charge in [0.05, 0.1) is 13.1 Å². The number of methoxy groups -OCH3 is 2. The Kier molecular flexibility index (Phi) is 3.07. The van der Waals surface area contributed by atoms with Crippen LogP contribution in [-0.2, 0) is 9.47 Å². The SMILES string of the molecule is COC1(OC)CN(C2CCCNC2)C1. The van der Waals surface area contributed by atoms with Crippen molar-refractivity contribution in [2.45, 2.75) is 24.7 Å². The lowest BCUT2D eigenvalue weighted by Gasteiger charge is -2.51. The van der Waals surface area contributed by atoms with Crippen LogP contribution in [0.2, 0.25) is 0 Å². The zero-order valence-corrected chi connectivity index (χ0v) is 9.08. The molecule has 14 heavy (non-hydrogen) atoms. The Morgan fingerprint density at radius 2 is 2.00 bits per heavy atom. The molecule has 4 nitrogen and oxygen atoms in total. The van der Waals surface area contributed by atoms with Gasteiger partial charge in [-0.25, -0.2) is 0 Å². The molecule has 2 aliphatic heterocycles. The Balaban J connectivity index is 1.80. The van der Waals surface area contributed by atoms with Crippen LogP contribution in [0, 0.1) is 0 Å². The number of nitrogens with one attached hydrogen (secondary N) is 1. The Morgan fingerprint density at radius 1 is 1.29 bits per heavy atom. The van der Waals surface area contributed by atoms with Crippen molar-refractivity contribution in [3.63, 3.8) is 0 Å². The smallest absolute Gasteiger partial charge is 0.193 e. The molecule has 0 aromatic heterocycles. The van der Waals surface area contributed by atoms with E-state index in [1.807, 2.05) is 0 Å². The number of rotatable bonds is 3. The summed E-state index contributed by atoms with van der Waals surface area (Å²) in [5.41, 5.74) is 0. The molecule has 2 rings (SSSR count). The van der Waals surface area contributed by atoms with Gasteiger partial charge in [-0.1, -0.05) is 0 Å². The molecule has 1 unspecified atom stereocenters. The Hall–Kier alpha value is -0.160. The number of hydrogen-bond acceptors (Lipinski definition) is 4. The van der Waals surface area contributed by atoms with Crippen LogP contribution in [0.4, 0.5) is 0 Å². The molecule has 2 aliphatic rings. The summed E-state index contributed by atoms with van der Waals surface area (Å²) in [7, 11) is 3.44. The van der Waals surface area contributed by atoms with Gasteiger partial charge in [0, 0.05) is 26.8 Å². The Morgan fingerprint density at radius 3 is 2.50 bits per heavy atom. The molecule has 2 saturated heterocycles. The first-order valence-corrected chi connectivity index (χ1v) is 5.35. The summed E-state index contributed by atoms with van der Waals surface area (Å²) in [6, 6.07) is 0.683. The van der Waals surface area contributed by atoms with Gasteiger partial charge in [-0.05, 0) is 19.4 Å². The Bertz CT molecular complexity index is 181. The standard InChI is InChI=1S/C10H20N2O2/c1-13-10(14-2)7-12(8-10)9-4-3-5-11-6-9/h9,11H,3-8H2,1-2H3. The fourth-order valence-corrected chi connectivity index (χ4v) is 2.32. The first kappa shape index (κ1) is 10.4. The molecular weight excluding hydrogens is 180 g/mol. The molecule has 0 aliphatic carbocycles. The van der Waals surface area contributed by atoms with Gasteiger partial charge in [0.2, 0.25) is 0 Å². The van der Waals surface area contributed by atoms with Crippen molar-refractivity contribution >= 4 is 0 Å². The summed E-state index contributed by atoms with van der Waals surface area (Å²) in [5, 5.41) is 3.42. The van der Waals surface area contributed by atoms with Crippen LogP contribution >= 0.6 is 0 Å². The molecule has 0 bridgehead atoms. The highest BCUT2D eigenvalue weighted by Crippen LogP contribution is 2.28. The van der Waals surface area contributed by atoms with E-state index in [0.717, 1.165) is 19.6 Å². The van der Waals surface area contributed by atoms with Crippen molar-refractivity contribution in [2.24, 2.45) is 0 Å². The third kappa shape index (κ3) is 1.80. The molecule has 0 amide bonds. The van der Waals surface area contributed by atoms with Crippen LogP contribution < -0.4 is 5.32 Å². The van der Waals surface area contributed by atoms with Crippen LogP contribution in [-0.4, -0.2) is 57.1 Å². The highest BCUT2D eigenvalue weighted by molar-refractivity contribution is 4.94. The van der Waals surface area contributed by atoms with Gasteiger partial charge in [-0.2, -0.15) is 0 Å². The highest BCUT2D eigenvalue weighted by atomic mass is 16.7. The van der Waals surface area contributed by atoms with E-state index >= 15 is 0 Å². The molecule has 1 N–H and O–H groups in total. The van der Waals surface area contributed by atoms with Crippen LogP contribution in [0.1, 0.15) is 12.8 Å². The summed E-state index contributed by atoms with van der Waals surface area (Å²) in [5.74, 6) is -0.322. The van der Waals surface area contributed by atoms with E-state index in [9.17, 15) is 0 Å². The van der Waals surface area contributed by atoms with E-state index in [4.69, 9.17) is 9.47 Å². The molecule has 2 fully saturated rings. The molecule has 82 valence electrons. The quantitative estimate of drug-likeness (QED) is 0.652. The zero-order chi connectivity index (χ0) is 10.0. The van der Waals surface area contributed by atoms with Gasteiger partial charge >= 0.3 is 0 Å². The van der Waals surface area contributed by atoms with Gasteiger partial charge < -0.3 is 14.8 Å². The van der Waals surface area contributed by atoms with Gasteiger partial charge in [0.15, 0.2) is 5.79 Å². The minimum Gasteiger partial charge on any atom is -0.351 e. The molecule has 0 aromatic carbocycles. The summed E-state index contributed by atoms with van der Waals surface area (Å²) in [4.78, 5) is 2.44. The predicted octanol–water partition coefficient (Wildman–Crippen LogP) is 0.0431. The van der Waals surface area contributed by atoms with Crippen LogP contribution in [0.3, 0.4) is 0 Å². The zero-order valence-electron chi connectivity index (χ0n) is 9.08. The van der Waals surface area contributed by atoms with E-state index in [-0.39, 0.29) is 5.79 Å². The third-order valence-electron chi connectivity index (χ3n) is 3.42. The minimum absolute atomic E-state index is 0.322. The highest BCUT2D eigenvalue weighted by Gasteiger charge is 2.46. The van der Waals surface area contributed by atoms with Crippen molar-refractivity contribution in [1.29, 1.82) is 0 Å². The minimum atomic E-state index is -0.322. The fraction of sp³-hybridized carbons (Fsp3) is 1.00. The van der Waals surface area contributed by atoms with Crippen molar-refractivity contribution in [3.05, 3.63) is 0 Å². The van der Waals surface area contributed by atoms with Gasteiger partial charge in [-0.3, -0.25) is 4.90 Å². The summed E-state index contributed by atoms with van der Waals surface area (Å²) in [6.45, 7) is 4.10. The van der Waals surface area contributed by atoms with Crippen molar-refractivity contribution in [2.75, 3.05) is 40.4 Å². The molecule has 1 atom stereocenters. The maximum absolute atomic E-state index is 5.36. The topological polar surface area (TPSA) is 33.7 Å². The normalized spacial score (nSPS) is 32.6. The van der Waals surface area contributed by atoms with Gasteiger partial charge in [0.1, 0.15) is 0 Å². The lowest BCUT2D eigenvalue weighted by Crippen LogP contribution is -2.68. The lowest BCUT2D eigenvalue weighted by molar-refractivity contribution is -0.282. The van der Waals surface area contributed by atoms with E-state index in [2.05, 4.69) is 10.2 Å². The average Bonchev–Trinajstić information content (AvgIpc) is 2.19. The second kappa shape index (κ2) is 4.14. The van der Waals surface area contributed by atoms with Crippen molar-refractivity contribution < 1.29 is 9.47 Å². The second-order valence-corrected chi connectivity index (χ2v) is 4.22. The summed E-state index contributed by atoms with van der Waals surface area (Å²) in [6.07, 6.45) is 2.59. The molecule has 4 heteroatoms. The van der Waals surface area contributed by atoms with Crippen LogP contribution in [0.15, 0.2) is 0 Å². The number of ether oxygens (including phenoxy) is 2. The molecular formula is C10H20N2O2. The van der Waals surface area contributed by atoms with Gasteiger partial charge in [-0.15, -0.1) is 0 Å². The third-order valence-corrected chi connectivity index (χ3v) is 3.42. The first-order valence-electron chi connectivity index (χ1n) is 5.35. The van der Waals surface area contributed by atoms with E-state index in [1.54, 1.807) is 14.2 Å². The monoisotopic (exact) mass is 200 g/mol. The Labute approximate surface area is 85.5 Å². The van der Waals surface area contributed by atoms with E-state index in [0.29, 0.717) is 6.04 Å². The number of piperidine rings is 1. The molecule has 0 aromatic rings. The average molecular weight is 200 g/mol. The fourth-order valence-electron chi connectivity index (χ4n) is 2.32. The number of nitrogens with zero attached hydrogens (tertiary/aromatic N) is 1. The second-order valence-electron chi connectivity index (χ2n) is 4.22. The van der Waals surface area contributed by atoms with Crippen LogP contribution in [0.25, 0.3) is 0 Å². The number of likely N-dealkylation sites (tertiary alicyclic amines) is 1. The van der Waals surface area contributed by atoms with E-state index in [1.165, 1.54) is 19.4 Å². The number of hydrogen-bond donors (Lipinski definition) is 1. The predicted molar refractivity (Wildman–Crippen MR) is 54.2 cm³/mol. The molecule has 0 saturated carbocycles. The summed E-state index contributed by atoms with van der Waals surface area (Å²) < 4.78 is 10.7. The lowest BCUT2D eigenvalue weighted by atomic mass is 9.98. The molecule has 0 spiro atoms. The van der Waals surface area contributed by atoms with Gasteiger partial charge in [0.25, 0.3) is 0 Å². The first-order chi connectivity index (χ1) is 6.79. The summed E-state index contributed by atoms with van der Waals surface area (Å²) >= 11 is 0.